The molecule has 0 unspecified atom stereocenters. The largest absolute Gasteiger partial charge is 0.491 e. The van der Waals surface area contributed by atoms with Gasteiger partial charge in [-0.3, -0.25) is 14.9 Å². The maximum atomic E-state index is 12.1. The normalized spacial score (nSPS) is 10.5. The van der Waals surface area contributed by atoms with Crippen LogP contribution in [0.1, 0.15) is 35.3 Å². The van der Waals surface area contributed by atoms with Crippen molar-refractivity contribution in [1.29, 1.82) is 0 Å². The summed E-state index contributed by atoms with van der Waals surface area (Å²) in [6.45, 7) is 6.74. The van der Waals surface area contributed by atoms with E-state index < -0.39 is 23.4 Å². The number of esters is 1. The molecule has 8 heteroatoms. The molecule has 28 heavy (non-hydrogen) atoms. The number of nitrogens with one attached hydrogen (secondary N) is 1. The van der Waals surface area contributed by atoms with Crippen molar-refractivity contribution >= 4 is 23.3 Å². The molecule has 0 aliphatic heterocycles. The van der Waals surface area contributed by atoms with E-state index in [0.29, 0.717) is 5.75 Å². The highest BCUT2D eigenvalue weighted by atomic mass is 16.6. The molecule has 2 aromatic rings. The van der Waals surface area contributed by atoms with Crippen LogP contribution in [-0.2, 0) is 9.53 Å². The molecule has 2 rings (SSSR count). The van der Waals surface area contributed by atoms with Crippen molar-refractivity contribution in [3.05, 3.63) is 63.2 Å². The van der Waals surface area contributed by atoms with Crippen molar-refractivity contribution in [3.63, 3.8) is 0 Å². The molecule has 0 aliphatic rings. The van der Waals surface area contributed by atoms with E-state index in [1.807, 2.05) is 13.8 Å². The minimum absolute atomic E-state index is 0.0102. The Morgan fingerprint density at radius 3 is 2.29 bits per heavy atom. The van der Waals surface area contributed by atoms with Gasteiger partial charge in [0.25, 0.3) is 11.6 Å². The highest BCUT2D eigenvalue weighted by Gasteiger charge is 2.18. The van der Waals surface area contributed by atoms with E-state index in [-0.39, 0.29) is 23.0 Å². The van der Waals surface area contributed by atoms with Gasteiger partial charge in [-0.05, 0) is 69.2 Å². The smallest absolute Gasteiger partial charge is 0.338 e. The number of ether oxygens (including phenoxy) is 2. The second-order valence-corrected chi connectivity index (χ2v) is 6.53. The van der Waals surface area contributed by atoms with Crippen LogP contribution in [0.2, 0.25) is 0 Å². The second-order valence-electron chi connectivity index (χ2n) is 6.53. The number of nitro benzene ring substituents is 1. The van der Waals surface area contributed by atoms with Gasteiger partial charge >= 0.3 is 5.97 Å². The van der Waals surface area contributed by atoms with Crippen LogP contribution in [-0.4, -0.2) is 29.5 Å². The summed E-state index contributed by atoms with van der Waals surface area (Å²) in [7, 11) is 0. The number of nitrogens with zero attached hydrogens (tertiary/aromatic N) is 1. The lowest BCUT2D eigenvalue weighted by Gasteiger charge is -2.11. The Morgan fingerprint density at radius 2 is 1.71 bits per heavy atom. The van der Waals surface area contributed by atoms with Crippen LogP contribution in [0.25, 0.3) is 0 Å². The zero-order valence-corrected chi connectivity index (χ0v) is 16.1. The summed E-state index contributed by atoms with van der Waals surface area (Å²) in [6.07, 6.45) is 0.0102. The maximum absolute atomic E-state index is 12.1. The quantitative estimate of drug-likeness (QED) is 0.441. The molecule has 0 radical (unpaired) electrons. The third-order valence-electron chi connectivity index (χ3n) is 3.88. The van der Waals surface area contributed by atoms with Crippen molar-refractivity contribution < 1.29 is 24.0 Å². The number of rotatable bonds is 7. The average Bonchev–Trinajstić information content (AvgIpc) is 2.62. The molecule has 0 aliphatic carbocycles. The van der Waals surface area contributed by atoms with E-state index in [4.69, 9.17) is 9.47 Å². The topological polar surface area (TPSA) is 108 Å². The molecule has 1 amide bonds. The first-order chi connectivity index (χ1) is 13.2. The number of carbonyl (C=O) groups excluding carboxylic acids is 2. The van der Waals surface area contributed by atoms with Gasteiger partial charge in [-0.1, -0.05) is 0 Å². The number of anilines is 1. The fourth-order valence-corrected chi connectivity index (χ4v) is 2.39. The molecule has 148 valence electrons. The summed E-state index contributed by atoms with van der Waals surface area (Å²) in [5.41, 5.74) is 1.64. The number of hydrogen-bond donors (Lipinski definition) is 1. The van der Waals surface area contributed by atoms with Gasteiger partial charge in [0, 0.05) is 6.07 Å². The molecule has 0 bridgehead atoms. The molecule has 8 nitrogen and oxygen atoms in total. The minimum atomic E-state index is -0.680. The number of carbonyl (C=O) groups is 2. The van der Waals surface area contributed by atoms with E-state index >= 15 is 0 Å². The first-order valence-corrected chi connectivity index (χ1v) is 8.66. The van der Waals surface area contributed by atoms with Crippen molar-refractivity contribution in [2.75, 3.05) is 11.9 Å². The van der Waals surface area contributed by atoms with Gasteiger partial charge in [0.15, 0.2) is 6.61 Å². The lowest BCUT2D eigenvalue weighted by Crippen LogP contribution is -2.21. The number of amides is 1. The number of benzene rings is 2. The van der Waals surface area contributed by atoms with E-state index in [2.05, 4.69) is 5.32 Å². The van der Waals surface area contributed by atoms with Crippen LogP contribution >= 0.6 is 0 Å². The van der Waals surface area contributed by atoms with Gasteiger partial charge in [-0.2, -0.15) is 0 Å². The van der Waals surface area contributed by atoms with E-state index in [1.165, 1.54) is 24.3 Å². The van der Waals surface area contributed by atoms with Crippen LogP contribution in [0.5, 0.6) is 5.75 Å². The van der Waals surface area contributed by atoms with Crippen LogP contribution in [0, 0.1) is 24.0 Å². The molecule has 0 heterocycles. The Balaban J connectivity index is 1.98. The second kappa shape index (κ2) is 8.98. The number of nitro groups is 1. The summed E-state index contributed by atoms with van der Waals surface area (Å²) in [4.78, 5) is 34.7. The van der Waals surface area contributed by atoms with E-state index in [0.717, 1.165) is 11.1 Å². The van der Waals surface area contributed by atoms with Crippen molar-refractivity contribution in [1.82, 2.24) is 0 Å². The molecule has 0 atom stereocenters. The van der Waals surface area contributed by atoms with Crippen LogP contribution in [0.15, 0.2) is 36.4 Å². The molecule has 0 saturated carbocycles. The van der Waals surface area contributed by atoms with Gasteiger partial charge in [0.1, 0.15) is 11.4 Å². The first-order valence-electron chi connectivity index (χ1n) is 8.66. The van der Waals surface area contributed by atoms with Gasteiger partial charge in [0.2, 0.25) is 0 Å². The third kappa shape index (κ3) is 5.54. The fourth-order valence-electron chi connectivity index (χ4n) is 2.39. The Kier molecular flexibility index (Phi) is 6.70. The predicted octanol–water partition coefficient (Wildman–Crippen LogP) is 3.79. The molecular weight excluding hydrogens is 364 g/mol. The van der Waals surface area contributed by atoms with E-state index in [9.17, 15) is 19.7 Å². The van der Waals surface area contributed by atoms with Crippen LogP contribution in [0.3, 0.4) is 0 Å². The van der Waals surface area contributed by atoms with Crippen LogP contribution < -0.4 is 10.1 Å². The molecule has 1 N–H and O–H groups in total. The van der Waals surface area contributed by atoms with Gasteiger partial charge in [-0.25, -0.2) is 4.79 Å². The first kappa shape index (κ1) is 20.9. The number of aryl methyl sites for hydroxylation is 2. The van der Waals surface area contributed by atoms with Crippen molar-refractivity contribution in [2.24, 2.45) is 0 Å². The Bertz CT molecular complexity index is 890. The number of hydrogen-bond acceptors (Lipinski definition) is 6. The zero-order valence-electron chi connectivity index (χ0n) is 16.1. The summed E-state index contributed by atoms with van der Waals surface area (Å²) >= 11 is 0. The Labute approximate surface area is 162 Å². The summed E-state index contributed by atoms with van der Waals surface area (Å²) in [5.74, 6) is -0.730. The van der Waals surface area contributed by atoms with Gasteiger partial charge in [0.05, 0.1) is 16.6 Å². The predicted molar refractivity (Wildman–Crippen MR) is 104 cm³/mol. The third-order valence-corrected chi connectivity index (χ3v) is 3.88. The highest BCUT2D eigenvalue weighted by Crippen LogP contribution is 2.27. The standard InChI is InChI=1S/C20H22N2O6/c1-12(2)28-16-7-5-15(6-8-16)20(24)27-11-19(23)21-17-9-13(3)14(4)10-18(17)22(25)26/h5-10,12H,11H2,1-4H3,(H,21,23). The molecule has 0 aromatic heterocycles. The molecule has 0 saturated heterocycles. The SMILES string of the molecule is Cc1cc(NC(=O)COC(=O)c2ccc(OC(C)C)cc2)c([N+](=O)[O-])cc1C. The Hall–Kier alpha value is -3.42. The molecule has 2 aromatic carbocycles. The van der Waals surface area contributed by atoms with E-state index in [1.54, 1.807) is 26.0 Å². The zero-order chi connectivity index (χ0) is 20.8. The summed E-state index contributed by atoms with van der Waals surface area (Å²) in [6, 6.07) is 9.24. The molecule has 0 fully saturated rings. The van der Waals surface area contributed by atoms with Crippen molar-refractivity contribution in [3.8, 4) is 5.75 Å². The Morgan fingerprint density at radius 1 is 1.11 bits per heavy atom. The highest BCUT2D eigenvalue weighted by molar-refractivity contribution is 5.97. The fraction of sp³-hybridized carbons (Fsp3) is 0.300. The maximum Gasteiger partial charge on any atom is 0.338 e. The average molecular weight is 386 g/mol. The molecule has 0 spiro atoms. The monoisotopic (exact) mass is 386 g/mol. The van der Waals surface area contributed by atoms with Crippen LogP contribution in [0.4, 0.5) is 11.4 Å². The minimum Gasteiger partial charge on any atom is -0.491 e. The van der Waals surface area contributed by atoms with Crippen molar-refractivity contribution in [2.45, 2.75) is 33.8 Å². The van der Waals surface area contributed by atoms with Gasteiger partial charge in [-0.15, -0.1) is 0 Å². The lowest BCUT2D eigenvalue weighted by molar-refractivity contribution is -0.384. The van der Waals surface area contributed by atoms with Gasteiger partial charge < -0.3 is 14.8 Å². The molecular formula is C20H22N2O6. The summed E-state index contributed by atoms with van der Waals surface area (Å²) in [5, 5.41) is 13.6. The lowest BCUT2D eigenvalue weighted by atomic mass is 10.1. The summed E-state index contributed by atoms with van der Waals surface area (Å²) < 4.78 is 10.5.